The van der Waals surface area contributed by atoms with Gasteiger partial charge in [0.15, 0.2) is 0 Å². The van der Waals surface area contributed by atoms with Crippen LogP contribution >= 0.6 is 0 Å². The monoisotopic (exact) mass is 213 g/mol. The van der Waals surface area contributed by atoms with Crippen molar-refractivity contribution in [1.82, 2.24) is 0 Å². The smallest absolute Gasteiger partial charge is 0.0483 e. The number of unbranched alkanes of at least 4 members (excludes halogenated alkanes) is 1. The van der Waals surface area contributed by atoms with Crippen molar-refractivity contribution in [3.8, 4) is 0 Å². The van der Waals surface area contributed by atoms with Gasteiger partial charge in [-0.05, 0) is 25.2 Å². The molecule has 1 unspecified atom stereocenters. The quantitative estimate of drug-likeness (QED) is 0.736. The molecule has 1 aliphatic heterocycles. The highest BCUT2D eigenvalue weighted by molar-refractivity contribution is 4.88. The van der Waals surface area contributed by atoms with Crippen LogP contribution in [0.3, 0.4) is 0 Å². The van der Waals surface area contributed by atoms with Gasteiger partial charge in [-0.3, -0.25) is 0 Å². The summed E-state index contributed by atoms with van der Waals surface area (Å²) in [5, 5.41) is 0. The van der Waals surface area contributed by atoms with Gasteiger partial charge in [-0.1, -0.05) is 39.5 Å². The van der Waals surface area contributed by atoms with Crippen molar-refractivity contribution in [3.63, 3.8) is 0 Å². The third-order valence-electron chi connectivity index (χ3n) is 3.73. The molecule has 0 saturated carbocycles. The predicted octanol–water partition coefficient (Wildman–Crippen LogP) is 3.10. The van der Waals surface area contributed by atoms with Crippen molar-refractivity contribution in [2.24, 2.45) is 11.7 Å². The summed E-state index contributed by atoms with van der Waals surface area (Å²) in [7, 11) is 0. The number of hydrogen-bond acceptors (Lipinski definition) is 2. The molecule has 2 heteroatoms. The Balaban J connectivity index is 2.34. The second-order valence-corrected chi connectivity index (χ2v) is 5.10. The van der Waals surface area contributed by atoms with E-state index in [-0.39, 0.29) is 5.54 Å². The van der Waals surface area contributed by atoms with E-state index in [2.05, 4.69) is 13.8 Å². The molecule has 0 radical (unpaired) electrons. The molecule has 2 N–H and O–H groups in total. The highest BCUT2D eigenvalue weighted by Gasteiger charge is 2.30. The Labute approximate surface area is 94.6 Å². The molecule has 1 rings (SSSR count). The molecule has 15 heavy (non-hydrogen) atoms. The minimum absolute atomic E-state index is 0.0761. The molecule has 0 aliphatic carbocycles. The highest BCUT2D eigenvalue weighted by atomic mass is 16.5. The van der Waals surface area contributed by atoms with Crippen LogP contribution in [0, 0.1) is 5.92 Å². The molecule has 1 fully saturated rings. The van der Waals surface area contributed by atoms with Crippen LogP contribution in [-0.4, -0.2) is 18.8 Å². The standard InChI is InChI=1S/C13H27NO/c1-3-5-6-12(4-2)11-13(14)7-9-15-10-8-13/h12H,3-11,14H2,1-2H3. The first-order chi connectivity index (χ1) is 7.20. The van der Waals surface area contributed by atoms with Gasteiger partial charge in [0.05, 0.1) is 0 Å². The summed E-state index contributed by atoms with van der Waals surface area (Å²) in [4.78, 5) is 0. The molecular formula is C13H27NO. The Kier molecular flexibility index (Phi) is 5.62. The molecule has 90 valence electrons. The molecule has 0 aromatic rings. The second kappa shape index (κ2) is 6.49. The van der Waals surface area contributed by atoms with Crippen LogP contribution in [0.15, 0.2) is 0 Å². The van der Waals surface area contributed by atoms with Gasteiger partial charge in [0.2, 0.25) is 0 Å². The molecule has 0 amide bonds. The van der Waals surface area contributed by atoms with E-state index in [0.717, 1.165) is 32.0 Å². The topological polar surface area (TPSA) is 35.2 Å². The van der Waals surface area contributed by atoms with Gasteiger partial charge in [0, 0.05) is 18.8 Å². The molecule has 1 heterocycles. The maximum absolute atomic E-state index is 6.43. The van der Waals surface area contributed by atoms with E-state index in [1.165, 1.54) is 32.1 Å². The van der Waals surface area contributed by atoms with Crippen LogP contribution in [-0.2, 0) is 4.74 Å². The normalized spacial score (nSPS) is 22.6. The molecule has 1 saturated heterocycles. The third kappa shape index (κ3) is 4.52. The van der Waals surface area contributed by atoms with E-state index in [9.17, 15) is 0 Å². The van der Waals surface area contributed by atoms with E-state index in [4.69, 9.17) is 10.5 Å². The minimum Gasteiger partial charge on any atom is -0.381 e. The van der Waals surface area contributed by atoms with Crippen LogP contribution in [0.2, 0.25) is 0 Å². The summed E-state index contributed by atoms with van der Waals surface area (Å²) in [6.07, 6.45) is 8.59. The average Bonchev–Trinajstić information content (AvgIpc) is 2.25. The van der Waals surface area contributed by atoms with Crippen molar-refractivity contribution >= 4 is 0 Å². The van der Waals surface area contributed by atoms with Crippen LogP contribution in [0.5, 0.6) is 0 Å². The molecule has 2 nitrogen and oxygen atoms in total. The Morgan fingerprint density at radius 3 is 2.47 bits per heavy atom. The molecule has 1 aliphatic rings. The van der Waals surface area contributed by atoms with Crippen molar-refractivity contribution in [1.29, 1.82) is 0 Å². The van der Waals surface area contributed by atoms with E-state index in [1.807, 2.05) is 0 Å². The first-order valence-corrected chi connectivity index (χ1v) is 6.57. The zero-order chi connectivity index (χ0) is 11.1. The lowest BCUT2D eigenvalue weighted by molar-refractivity contribution is 0.0431. The number of hydrogen-bond donors (Lipinski definition) is 1. The summed E-state index contributed by atoms with van der Waals surface area (Å²) in [5.41, 5.74) is 6.50. The minimum atomic E-state index is 0.0761. The summed E-state index contributed by atoms with van der Waals surface area (Å²) in [6.45, 7) is 6.28. The van der Waals surface area contributed by atoms with Gasteiger partial charge in [-0.25, -0.2) is 0 Å². The largest absolute Gasteiger partial charge is 0.381 e. The second-order valence-electron chi connectivity index (χ2n) is 5.10. The van der Waals surface area contributed by atoms with Crippen molar-refractivity contribution < 1.29 is 4.74 Å². The first-order valence-electron chi connectivity index (χ1n) is 6.57. The maximum atomic E-state index is 6.43. The zero-order valence-electron chi connectivity index (χ0n) is 10.4. The Morgan fingerprint density at radius 2 is 1.93 bits per heavy atom. The number of ether oxygens (including phenoxy) is 1. The predicted molar refractivity (Wildman–Crippen MR) is 64.9 cm³/mol. The molecule has 0 spiro atoms. The van der Waals surface area contributed by atoms with Gasteiger partial charge < -0.3 is 10.5 Å². The van der Waals surface area contributed by atoms with Crippen molar-refractivity contribution in [2.45, 2.75) is 64.3 Å². The van der Waals surface area contributed by atoms with Gasteiger partial charge in [-0.15, -0.1) is 0 Å². The van der Waals surface area contributed by atoms with E-state index >= 15 is 0 Å². The highest BCUT2D eigenvalue weighted by Crippen LogP contribution is 2.29. The summed E-state index contributed by atoms with van der Waals surface area (Å²) < 4.78 is 5.38. The van der Waals surface area contributed by atoms with Crippen LogP contribution in [0.4, 0.5) is 0 Å². The van der Waals surface area contributed by atoms with Gasteiger partial charge in [0.1, 0.15) is 0 Å². The SMILES string of the molecule is CCCCC(CC)CC1(N)CCOCC1. The lowest BCUT2D eigenvalue weighted by Crippen LogP contribution is -2.46. The average molecular weight is 213 g/mol. The summed E-state index contributed by atoms with van der Waals surface area (Å²) >= 11 is 0. The fourth-order valence-electron chi connectivity index (χ4n) is 2.50. The van der Waals surface area contributed by atoms with Crippen molar-refractivity contribution in [3.05, 3.63) is 0 Å². The number of rotatable bonds is 6. The van der Waals surface area contributed by atoms with Crippen molar-refractivity contribution in [2.75, 3.05) is 13.2 Å². The Hall–Kier alpha value is -0.0800. The van der Waals surface area contributed by atoms with Crippen LogP contribution in [0.25, 0.3) is 0 Å². The lowest BCUT2D eigenvalue weighted by Gasteiger charge is -2.36. The number of nitrogens with two attached hydrogens (primary N) is 1. The maximum Gasteiger partial charge on any atom is 0.0483 e. The van der Waals surface area contributed by atoms with Gasteiger partial charge >= 0.3 is 0 Å². The Morgan fingerprint density at radius 1 is 1.27 bits per heavy atom. The van der Waals surface area contributed by atoms with Crippen LogP contribution in [0.1, 0.15) is 58.8 Å². The summed E-state index contributed by atoms with van der Waals surface area (Å²) in [5.74, 6) is 0.827. The fourth-order valence-corrected chi connectivity index (χ4v) is 2.50. The first kappa shape index (κ1) is 13.0. The van der Waals surface area contributed by atoms with E-state index < -0.39 is 0 Å². The molecular weight excluding hydrogens is 186 g/mol. The molecule has 0 aromatic carbocycles. The lowest BCUT2D eigenvalue weighted by atomic mass is 9.79. The van der Waals surface area contributed by atoms with E-state index in [0.29, 0.717) is 0 Å². The Bertz CT molecular complexity index is 164. The molecule has 0 aromatic heterocycles. The van der Waals surface area contributed by atoms with Crippen LogP contribution < -0.4 is 5.73 Å². The zero-order valence-corrected chi connectivity index (χ0v) is 10.4. The summed E-state index contributed by atoms with van der Waals surface area (Å²) in [6, 6.07) is 0. The molecule has 1 atom stereocenters. The fraction of sp³-hybridized carbons (Fsp3) is 1.00. The van der Waals surface area contributed by atoms with Gasteiger partial charge in [-0.2, -0.15) is 0 Å². The molecule has 0 bridgehead atoms. The van der Waals surface area contributed by atoms with E-state index in [1.54, 1.807) is 0 Å². The van der Waals surface area contributed by atoms with Gasteiger partial charge in [0.25, 0.3) is 0 Å². The third-order valence-corrected chi connectivity index (χ3v) is 3.73.